The Morgan fingerprint density at radius 2 is 1.62 bits per heavy atom. The quantitative estimate of drug-likeness (QED) is 0.226. The highest BCUT2D eigenvalue weighted by Crippen LogP contribution is 2.30. The second-order valence-electron chi connectivity index (χ2n) is 14.3. The molecule has 0 bridgehead atoms. The molecule has 1 heterocycles. The lowest BCUT2D eigenvalue weighted by Crippen LogP contribution is -2.63. The van der Waals surface area contributed by atoms with Crippen molar-refractivity contribution in [2.75, 3.05) is 19.6 Å². The molecule has 2 aliphatic rings. The summed E-state index contributed by atoms with van der Waals surface area (Å²) in [7, 11) is 0. The largest absolute Gasteiger partial charge is 0.508 e. The summed E-state index contributed by atoms with van der Waals surface area (Å²) < 4.78 is 20.5. The van der Waals surface area contributed by atoms with E-state index in [2.05, 4.69) is 54.3 Å². The summed E-state index contributed by atoms with van der Waals surface area (Å²) in [6, 6.07) is 23.6. The van der Waals surface area contributed by atoms with Crippen molar-refractivity contribution in [3.8, 4) is 5.75 Å². The number of aromatic hydroxyl groups is 1. The highest BCUT2D eigenvalue weighted by atomic mass is 19.1. The number of aliphatic hydroxyl groups is 1. The van der Waals surface area contributed by atoms with Crippen LogP contribution in [0.5, 0.6) is 5.75 Å². The van der Waals surface area contributed by atoms with Gasteiger partial charge in [-0.15, -0.1) is 0 Å². The lowest BCUT2D eigenvalue weighted by Gasteiger charge is -2.47. The molecule has 3 aromatic carbocycles. The Balaban J connectivity index is 1.52. The average Bonchev–Trinajstić information content (AvgIpc) is 3.03. The zero-order chi connectivity index (χ0) is 34.3. The van der Waals surface area contributed by atoms with Crippen molar-refractivity contribution >= 4 is 6.09 Å². The van der Waals surface area contributed by atoms with Gasteiger partial charge in [0.25, 0.3) is 0 Å². The van der Waals surface area contributed by atoms with Crippen molar-refractivity contribution in [2.45, 2.75) is 84.0 Å². The van der Waals surface area contributed by atoms with Gasteiger partial charge in [-0.3, -0.25) is 14.7 Å². The number of allylic oxidation sites excluding steroid dienone is 2. The number of phenolic OH excluding ortho intramolecular Hbond substituents is 1. The third kappa shape index (κ3) is 10.0. The Hall–Kier alpha value is -3.98. The summed E-state index contributed by atoms with van der Waals surface area (Å²) in [6.07, 6.45) is 6.88. The fraction of sp³-hybridized carbons (Fsp3) is 0.425. The van der Waals surface area contributed by atoms with E-state index >= 15 is 0 Å². The maximum atomic E-state index is 14.6. The van der Waals surface area contributed by atoms with Crippen LogP contribution in [-0.4, -0.2) is 74.6 Å². The summed E-state index contributed by atoms with van der Waals surface area (Å²) >= 11 is 0. The van der Waals surface area contributed by atoms with Gasteiger partial charge in [0.2, 0.25) is 0 Å². The van der Waals surface area contributed by atoms with Crippen molar-refractivity contribution in [2.24, 2.45) is 5.92 Å². The molecule has 4 atom stereocenters. The van der Waals surface area contributed by atoms with E-state index in [4.69, 9.17) is 4.74 Å². The van der Waals surface area contributed by atoms with Crippen molar-refractivity contribution in [3.05, 3.63) is 125 Å². The molecule has 1 aliphatic heterocycles. The number of carbonyl (C=O) groups excluding carboxylic acids is 1. The molecule has 1 aliphatic carbocycles. The van der Waals surface area contributed by atoms with Crippen LogP contribution in [0.4, 0.5) is 9.18 Å². The van der Waals surface area contributed by atoms with Gasteiger partial charge in [-0.05, 0) is 80.3 Å². The van der Waals surface area contributed by atoms with Crippen LogP contribution >= 0.6 is 0 Å². The number of phenols is 1. The zero-order valence-electron chi connectivity index (χ0n) is 28.6. The van der Waals surface area contributed by atoms with E-state index in [1.807, 2.05) is 62.1 Å². The molecule has 1 saturated heterocycles. The number of piperazine rings is 1. The number of ether oxygens (including phenoxy) is 1. The van der Waals surface area contributed by atoms with Crippen LogP contribution in [0.25, 0.3) is 0 Å². The van der Waals surface area contributed by atoms with Gasteiger partial charge in [0.15, 0.2) is 0 Å². The molecule has 3 aromatic rings. The Kier molecular flexibility index (Phi) is 11.7. The van der Waals surface area contributed by atoms with E-state index in [9.17, 15) is 19.4 Å². The first-order valence-corrected chi connectivity index (χ1v) is 17.0. The molecule has 0 aromatic heterocycles. The molecule has 0 saturated carbocycles. The average molecular weight is 656 g/mol. The molecule has 256 valence electrons. The third-order valence-corrected chi connectivity index (χ3v) is 9.05. The normalized spacial score (nSPS) is 20.9. The molecule has 0 spiro atoms. The van der Waals surface area contributed by atoms with Gasteiger partial charge in [0, 0.05) is 44.8 Å². The van der Waals surface area contributed by atoms with Gasteiger partial charge in [0.05, 0.1) is 6.04 Å². The standard InChI is InChI=1S/C40H50FN3O4/c1-29-15-17-32(18-16-29)26-42-19-20-44(39(47)48-40(2,3)4)37(38(42)46)25-35(22-33-21-34(41)24-36(45)23-33)43(27-30-11-7-5-8-12-30)28-31-13-9-6-10-14-31/h5-15,17-18,21,23-24,29,35,37-38,45-46H,16,19-20,22,25-28H2,1-4H3/t29?,35-,37-,38?/m0/s1. The molecule has 2 N–H and O–H groups in total. The highest BCUT2D eigenvalue weighted by Gasteiger charge is 2.42. The van der Waals surface area contributed by atoms with Crippen molar-refractivity contribution in [1.82, 2.24) is 14.7 Å². The molecule has 0 radical (unpaired) electrons. The van der Waals surface area contributed by atoms with Crippen LogP contribution in [0.15, 0.2) is 103 Å². The monoisotopic (exact) mass is 655 g/mol. The first-order chi connectivity index (χ1) is 22.9. The Morgan fingerprint density at radius 1 is 0.979 bits per heavy atom. The fourth-order valence-electron chi connectivity index (χ4n) is 6.64. The number of rotatable bonds is 11. The second-order valence-corrected chi connectivity index (χ2v) is 14.3. The zero-order valence-corrected chi connectivity index (χ0v) is 28.6. The van der Waals surface area contributed by atoms with E-state index < -0.39 is 29.8 Å². The van der Waals surface area contributed by atoms with E-state index in [0.29, 0.717) is 57.0 Å². The molecule has 48 heavy (non-hydrogen) atoms. The highest BCUT2D eigenvalue weighted by molar-refractivity contribution is 5.69. The van der Waals surface area contributed by atoms with Gasteiger partial charge >= 0.3 is 6.09 Å². The number of aliphatic hydroxyl groups excluding tert-OH is 1. The van der Waals surface area contributed by atoms with Gasteiger partial charge < -0.3 is 14.9 Å². The van der Waals surface area contributed by atoms with Crippen LogP contribution in [0.3, 0.4) is 0 Å². The smallest absolute Gasteiger partial charge is 0.410 e. The maximum absolute atomic E-state index is 14.6. The predicted molar refractivity (Wildman–Crippen MR) is 188 cm³/mol. The number of carbonyl (C=O) groups is 1. The van der Waals surface area contributed by atoms with E-state index in [-0.39, 0.29) is 11.8 Å². The molecule has 2 unspecified atom stereocenters. The number of amides is 1. The molecular weight excluding hydrogens is 605 g/mol. The molecule has 8 heteroatoms. The summed E-state index contributed by atoms with van der Waals surface area (Å²) in [5.74, 6) is -0.161. The third-order valence-electron chi connectivity index (χ3n) is 9.05. The first-order valence-electron chi connectivity index (χ1n) is 17.0. The lowest BCUT2D eigenvalue weighted by atomic mass is 9.93. The summed E-state index contributed by atoms with van der Waals surface area (Å²) in [4.78, 5) is 19.8. The molecule has 7 nitrogen and oxygen atoms in total. The Morgan fingerprint density at radius 3 is 2.19 bits per heavy atom. The van der Waals surface area contributed by atoms with Gasteiger partial charge in [0.1, 0.15) is 23.4 Å². The molecule has 1 amide bonds. The minimum atomic E-state index is -0.960. The van der Waals surface area contributed by atoms with Crippen molar-refractivity contribution in [1.29, 1.82) is 0 Å². The lowest BCUT2D eigenvalue weighted by molar-refractivity contribution is -0.102. The summed E-state index contributed by atoms with van der Waals surface area (Å²) in [5, 5.41) is 22.4. The molecule has 1 fully saturated rings. The second kappa shape index (κ2) is 15.9. The van der Waals surface area contributed by atoms with Crippen LogP contribution in [-0.2, 0) is 24.2 Å². The van der Waals surface area contributed by atoms with Crippen LogP contribution < -0.4 is 0 Å². The topological polar surface area (TPSA) is 76.5 Å². The van der Waals surface area contributed by atoms with Gasteiger partial charge in [-0.2, -0.15) is 0 Å². The van der Waals surface area contributed by atoms with Crippen LogP contribution in [0.2, 0.25) is 0 Å². The molecule has 5 rings (SSSR count). The van der Waals surface area contributed by atoms with Crippen LogP contribution in [0.1, 0.15) is 57.2 Å². The first kappa shape index (κ1) is 35.3. The minimum Gasteiger partial charge on any atom is -0.508 e. The Labute approximate surface area is 284 Å². The minimum absolute atomic E-state index is 0.135. The summed E-state index contributed by atoms with van der Waals surface area (Å²) in [5.41, 5.74) is 3.31. The van der Waals surface area contributed by atoms with Crippen molar-refractivity contribution in [3.63, 3.8) is 0 Å². The van der Waals surface area contributed by atoms with Crippen LogP contribution in [0, 0.1) is 11.7 Å². The van der Waals surface area contributed by atoms with Crippen molar-refractivity contribution < 1.29 is 24.1 Å². The maximum Gasteiger partial charge on any atom is 0.410 e. The number of halogens is 1. The SMILES string of the molecule is CC1C=CC(CN2CCN(C(=O)OC(C)(C)C)[C@@H](C[C@H](Cc3cc(O)cc(F)c3)N(Cc3ccccc3)Cc3ccccc3)C2O)=CC1. The number of benzene rings is 3. The van der Waals surface area contributed by atoms with E-state index in [1.165, 1.54) is 6.07 Å². The predicted octanol–water partition coefficient (Wildman–Crippen LogP) is 7.30. The Bertz CT molecular complexity index is 1490. The number of hydrogen-bond donors (Lipinski definition) is 2. The van der Waals surface area contributed by atoms with Gasteiger partial charge in [-0.1, -0.05) is 85.8 Å². The van der Waals surface area contributed by atoms with Gasteiger partial charge in [-0.25, -0.2) is 9.18 Å². The summed E-state index contributed by atoms with van der Waals surface area (Å²) in [6.45, 7) is 10.4. The number of nitrogens with zero attached hydrogens (tertiary/aromatic N) is 3. The van der Waals surface area contributed by atoms with E-state index in [1.54, 1.807) is 11.0 Å². The van der Waals surface area contributed by atoms with E-state index in [0.717, 1.165) is 29.2 Å². The number of hydrogen-bond acceptors (Lipinski definition) is 6. The molecular formula is C40H50FN3O4. The fourth-order valence-corrected chi connectivity index (χ4v) is 6.64.